The predicted molar refractivity (Wildman–Crippen MR) is 91.7 cm³/mol. The van der Waals surface area contributed by atoms with E-state index in [9.17, 15) is 18.0 Å². The summed E-state index contributed by atoms with van der Waals surface area (Å²) in [4.78, 5) is 11.9. The number of nitrogens with two attached hydrogens (primary N) is 1. The molecule has 0 unspecified atom stereocenters. The molecule has 0 atom stereocenters. The van der Waals surface area contributed by atoms with Crippen molar-refractivity contribution in [1.82, 2.24) is 14.9 Å². The average Bonchev–Trinajstić information content (AvgIpc) is 3.02. The standard InChI is InChI=1S/C16H18F3N5OS/c17-10-6-7-11(14(19)13(10)18)21-12(25)8-26-16-23-22-15(24(16)20)9-4-2-1-3-5-9/h6-7,9H,1-5,8,20H2,(H,21,25). The smallest absolute Gasteiger partial charge is 0.234 e. The summed E-state index contributed by atoms with van der Waals surface area (Å²) in [5.41, 5.74) is -0.424. The maximum Gasteiger partial charge on any atom is 0.234 e. The number of carbonyl (C=O) groups is 1. The highest BCUT2D eigenvalue weighted by molar-refractivity contribution is 7.99. The lowest BCUT2D eigenvalue weighted by Gasteiger charge is -2.20. The highest BCUT2D eigenvalue weighted by Gasteiger charge is 2.23. The molecule has 1 aliphatic carbocycles. The van der Waals surface area contributed by atoms with Crippen LogP contribution in [0.1, 0.15) is 43.8 Å². The van der Waals surface area contributed by atoms with Gasteiger partial charge in [-0.2, -0.15) is 0 Å². The van der Waals surface area contributed by atoms with Crippen molar-refractivity contribution in [2.24, 2.45) is 0 Å². The van der Waals surface area contributed by atoms with Gasteiger partial charge in [-0.1, -0.05) is 31.0 Å². The Balaban J connectivity index is 1.60. The molecule has 10 heteroatoms. The third-order valence-electron chi connectivity index (χ3n) is 4.30. The molecule has 0 radical (unpaired) electrons. The first kappa shape index (κ1) is 18.6. The van der Waals surface area contributed by atoms with Crippen molar-refractivity contribution in [3.05, 3.63) is 35.4 Å². The van der Waals surface area contributed by atoms with E-state index in [-0.39, 0.29) is 11.7 Å². The fourth-order valence-electron chi connectivity index (χ4n) is 2.96. The Kier molecular flexibility index (Phi) is 5.70. The first-order chi connectivity index (χ1) is 12.5. The molecule has 1 fully saturated rings. The molecular weight excluding hydrogens is 367 g/mol. The number of anilines is 1. The van der Waals surface area contributed by atoms with E-state index in [1.54, 1.807) is 0 Å². The number of rotatable bonds is 5. The number of nitrogens with one attached hydrogen (secondary N) is 1. The average molecular weight is 385 g/mol. The molecular formula is C16H18F3N5OS. The van der Waals surface area contributed by atoms with Crippen molar-refractivity contribution in [2.45, 2.75) is 43.2 Å². The van der Waals surface area contributed by atoms with Gasteiger partial charge in [-0.05, 0) is 25.0 Å². The van der Waals surface area contributed by atoms with Gasteiger partial charge in [0.1, 0.15) is 0 Å². The lowest BCUT2D eigenvalue weighted by Crippen LogP contribution is -2.20. The maximum absolute atomic E-state index is 13.6. The molecule has 1 aromatic carbocycles. The summed E-state index contributed by atoms with van der Waals surface area (Å²) in [5.74, 6) is 1.87. The number of nitrogens with zero attached hydrogens (tertiary/aromatic N) is 3. The molecule has 1 heterocycles. The van der Waals surface area contributed by atoms with E-state index in [1.165, 1.54) is 11.1 Å². The van der Waals surface area contributed by atoms with Gasteiger partial charge in [0.2, 0.25) is 11.1 Å². The molecule has 0 aliphatic heterocycles. The van der Waals surface area contributed by atoms with E-state index >= 15 is 0 Å². The Labute approximate surface area is 152 Å². The van der Waals surface area contributed by atoms with Gasteiger partial charge in [-0.15, -0.1) is 10.2 Å². The van der Waals surface area contributed by atoms with Gasteiger partial charge in [0.25, 0.3) is 0 Å². The van der Waals surface area contributed by atoms with Gasteiger partial charge < -0.3 is 11.2 Å². The minimum absolute atomic E-state index is 0.127. The van der Waals surface area contributed by atoms with Crippen molar-refractivity contribution < 1.29 is 18.0 Å². The molecule has 0 spiro atoms. The van der Waals surface area contributed by atoms with Crippen LogP contribution in [0, 0.1) is 17.5 Å². The van der Waals surface area contributed by atoms with E-state index in [2.05, 4.69) is 15.5 Å². The Morgan fingerprint density at radius 2 is 1.92 bits per heavy atom. The number of amides is 1. The summed E-state index contributed by atoms with van der Waals surface area (Å²) < 4.78 is 41.0. The first-order valence-electron chi connectivity index (χ1n) is 8.24. The maximum atomic E-state index is 13.6. The van der Waals surface area contributed by atoms with Crippen LogP contribution in [0.3, 0.4) is 0 Å². The topological polar surface area (TPSA) is 85.8 Å². The molecule has 140 valence electrons. The molecule has 6 nitrogen and oxygen atoms in total. The monoisotopic (exact) mass is 385 g/mol. The number of hydrogen-bond donors (Lipinski definition) is 2. The van der Waals surface area contributed by atoms with E-state index < -0.39 is 29.0 Å². The van der Waals surface area contributed by atoms with Gasteiger partial charge in [-0.3, -0.25) is 4.79 Å². The molecule has 3 N–H and O–H groups in total. The minimum atomic E-state index is -1.63. The molecule has 1 aromatic heterocycles. The van der Waals surface area contributed by atoms with Crippen molar-refractivity contribution in [3.63, 3.8) is 0 Å². The van der Waals surface area contributed by atoms with Crippen LogP contribution in [0.5, 0.6) is 0 Å². The Morgan fingerprint density at radius 3 is 2.65 bits per heavy atom. The van der Waals surface area contributed by atoms with Crippen LogP contribution < -0.4 is 11.2 Å². The predicted octanol–water partition coefficient (Wildman–Crippen LogP) is 3.19. The van der Waals surface area contributed by atoms with Crippen molar-refractivity contribution >= 4 is 23.4 Å². The molecule has 0 bridgehead atoms. The van der Waals surface area contributed by atoms with Crippen molar-refractivity contribution in [2.75, 3.05) is 16.9 Å². The van der Waals surface area contributed by atoms with Crippen LogP contribution in [-0.2, 0) is 4.79 Å². The summed E-state index contributed by atoms with van der Waals surface area (Å²) in [7, 11) is 0. The van der Waals surface area contributed by atoms with Gasteiger partial charge >= 0.3 is 0 Å². The Bertz CT molecular complexity index is 807. The summed E-state index contributed by atoms with van der Waals surface area (Å²) in [6.45, 7) is 0. The second kappa shape index (κ2) is 7.98. The van der Waals surface area contributed by atoms with E-state index in [4.69, 9.17) is 5.84 Å². The first-order valence-corrected chi connectivity index (χ1v) is 9.22. The third kappa shape index (κ3) is 3.95. The summed E-state index contributed by atoms with van der Waals surface area (Å²) in [6, 6.07) is 1.71. The van der Waals surface area contributed by atoms with Crippen LogP contribution in [-0.4, -0.2) is 26.5 Å². The van der Waals surface area contributed by atoms with Gasteiger partial charge in [0.05, 0.1) is 11.4 Å². The summed E-state index contributed by atoms with van der Waals surface area (Å²) >= 11 is 1.03. The number of thioether (sulfide) groups is 1. The van der Waals surface area contributed by atoms with E-state index in [1.807, 2.05) is 0 Å². The number of carbonyl (C=O) groups excluding carboxylic acids is 1. The van der Waals surface area contributed by atoms with E-state index in [0.29, 0.717) is 11.0 Å². The lowest BCUT2D eigenvalue weighted by molar-refractivity contribution is -0.113. The largest absolute Gasteiger partial charge is 0.336 e. The lowest BCUT2D eigenvalue weighted by atomic mass is 9.89. The Morgan fingerprint density at radius 1 is 1.19 bits per heavy atom. The fraction of sp³-hybridized carbons (Fsp3) is 0.438. The molecule has 0 saturated heterocycles. The number of hydrogen-bond acceptors (Lipinski definition) is 5. The van der Waals surface area contributed by atoms with Gasteiger partial charge in [0, 0.05) is 5.92 Å². The quantitative estimate of drug-likeness (QED) is 0.469. The molecule has 2 aromatic rings. The van der Waals surface area contributed by atoms with Gasteiger partial charge in [0.15, 0.2) is 23.3 Å². The zero-order chi connectivity index (χ0) is 18.7. The van der Waals surface area contributed by atoms with Crippen molar-refractivity contribution in [1.29, 1.82) is 0 Å². The van der Waals surface area contributed by atoms with Gasteiger partial charge in [-0.25, -0.2) is 17.8 Å². The minimum Gasteiger partial charge on any atom is -0.336 e. The molecule has 1 aliphatic rings. The van der Waals surface area contributed by atoms with Crippen LogP contribution in [0.15, 0.2) is 17.3 Å². The highest BCUT2D eigenvalue weighted by atomic mass is 32.2. The van der Waals surface area contributed by atoms with Crippen molar-refractivity contribution in [3.8, 4) is 0 Å². The van der Waals surface area contributed by atoms with Crippen LogP contribution >= 0.6 is 11.8 Å². The molecule has 3 rings (SSSR count). The third-order valence-corrected chi connectivity index (χ3v) is 5.25. The number of halogens is 3. The number of nitrogen functional groups attached to an aromatic ring is 1. The fourth-order valence-corrected chi connectivity index (χ4v) is 3.63. The van der Waals surface area contributed by atoms with Crippen LogP contribution in [0.25, 0.3) is 0 Å². The van der Waals surface area contributed by atoms with E-state index in [0.717, 1.165) is 49.6 Å². The van der Waals surface area contributed by atoms with Crippen LogP contribution in [0.4, 0.5) is 18.9 Å². The molecule has 1 amide bonds. The second-order valence-electron chi connectivity index (χ2n) is 6.11. The zero-order valence-electron chi connectivity index (χ0n) is 13.8. The van der Waals surface area contributed by atoms with Crippen LogP contribution in [0.2, 0.25) is 0 Å². The number of aromatic nitrogens is 3. The zero-order valence-corrected chi connectivity index (χ0v) is 14.7. The molecule has 26 heavy (non-hydrogen) atoms. The second-order valence-corrected chi connectivity index (χ2v) is 7.05. The summed E-state index contributed by atoms with van der Waals surface area (Å²) in [6.07, 6.45) is 5.48. The SMILES string of the molecule is Nn1c(SCC(=O)Nc2ccc(F)c(F)c2F)nnc1C1CCCCC1. The number of benzene rings is 1. The normalized spacial score (nSPS) is 15.2. The molecule has 1 saturated carbocycles. The summed E-state index contributed by atoms with van der Waals surface area (Å²) in [5, 5.41) is 10.7. The highest BCUT2D eigenvalue weighted by Crippen LogP contribution is 2.32. The Hall–Kier alpha value is -2.23.